The van der Waals surface area contributed by atoms with E-state index in [2.05, 4.69) is 5.32 Å². The van der Waals surface area contributed by atoms with E-state index in [1.54, 1.807) is 36.4 Å². The zero-order valence-corrected chi connectivity index (χ0v) is 17.9. The van der Waals surface area contributed by atoms with E-state index in [0.717, 1.165) is 0 Å². The van der Waals surface area contributed by atoms with Gasteiger partial charge in [-0.15, -0.1) is 0 Å². The van der Waals surface area contributed by atoms with E-state index >= 15 is 0 Å². The summed E-state index contributed by atoms with van der Waals surface area (Å²) in [6, 6.07) is 12.2. The van der Waals surface area contributed by atoms with Crippen LogP contribution < -0.4 is 15.8 Å². The first-order chi connectivity index (χ1) is 14.8. The van der Waals surface area contributed by atoms with Crippen LogP contribution in [0, 0.1) is 0 Å². The lowest BCUT2D eigenvalue weighted by atomic mass is 10.1. The summed E-state index contributed by atoms with van der Waals surface area (Å²) >= 11 is 0. The maximum Gasteiger partial charge on any atom is 0.246 e. The minimum atomic E-state index is -3.82. The van der Waals surface area contributed by atoms with Gasteiger partial charge in [-0.25, -0.2) is 8.42 Å². The van der Waals surface area contributed by atoms with Gasteiger partial charge in [-0.1, -0.05) is 36.4 Å². The molecule has 3 rings (SSSR count). The summed E-state index contributed by atoms with van der Waals surface area (Å²) in [5.74, 6) is -0.965. The van der Waals surface area contributed by atoms with Crippen LogP contribution in [0.3, 0.4) is 0 Å². The van der Waals surface area contributed by atoms with Crippen molar-refractivity contribution in [3.63, 3.8) is 0 Å². The summed E-state index contributed by atoms with van der Waals surface area (Å²) < 4.78 is 38.0. The molecule has 2 aromatic carbocycles. The van der Waals surface area contributed by atoms with Gasteiger partial charge in [-0.3, -0.25) is 9.59 Å². The number of ether oxygens (including phenoxy) is 2. The van der Waals surface area contributed by atoms with Gasteiger partial charge in [0.05, 0.1) is 26.7 Å². The minimum absolute atomic E-state index is 0.0169. The molecule has 0 bridgehead atoms. The molecule has 1 fully saturated rings. The fourth-order valence-corrected chi connectivity index (χ4v) is 4.93. The number of sulfonamides is 1. The quantitative estimate of drug-likeness (QED) is 0.610. The van der Waals surface area contributed by atoms with E-state index < -0.39 is 27.9 Å². The Morgan fingerprint density at radius 1 is 1.16 bits per heavy atom. The summed E-state index contributed by atoms with van der Waals surface area (Å²) in [6.07, 6.45) is -0.133. The minimum Gasteiger partial charge on any atom is -0.495 e. The lowest BCUT2D eigenvalue weighted by Gasteiger charge is -2.26. The Balaban J connectivity index is 1.81. The Morgan fingerprint density at radius 3 is 2.45 bits per heavy atom. The predicted molar refractivity (Wildman–Crippen MR) is 113 cm³/mol. The number of nitrogens with one attached hydrogen (secondary N) is 1. The molecule has 9 nitrogen and oxygen atoms in total. The Morgan fingerprint density at radius 2 is 1.84 bits per heavy atom. The molecule has 3 N–H and O–H groups in total. The van der Waals surface area contributed by atoms with Gasteiger partial charge in [0.15, 0.2) is 0 Å². The van der Waals surface area contributed by atoms with Crippen molar-refractivity contribution in [3.8, 4) is 5.75 Å². The van der Waals surface area contributed by atoms with E-state index in [1.165, 1.54) is 23.5 Å². The molecule has 1 unspecified atom stereocenters. The molecule has 0 aliphatic carbocycles. The molecule has 0 radical (unpaired) electrons. The molecule has 2 aromatic rings. The van der Waals surface area contributed by atoms with E-state index in [-0.39, 0.29) is 30.2 Å². The summed E-state index contributed by atoms with van der Waals surface area (Å²) in [5, 5.41) is 2.61. The first-order valence-corrected chi connectivity index (χ1v) is 11.2. The number of carbonyl (C=O) groups excluding carboxylic acids is 2. The van der Waals surface area contributed by atoms with Crippen LogP contribution >= 0.6 is 0 Å². The van der Waals surface area contributed by atoms with E-state index in [4.69, 9.17) is 15.2 Å². The van der Waals surface area contributed by atoms with Crippen molar-refractivity contribution in [2.75, 3.05) is 33.4 Å². The van der Waals surface area contributed by atoms with Gasteiger partial charge in [0.1, 0.15) is 16.7 Å². The number of amides is 2. The van der Waals surface area contributed by atoms with Crippen molar-refractivity contribution in [1.82, 2.24) is 9.62 Å². The van der Waals surface area contributed by atoms with Crippen molar-refractivity contribution in [1.29, 1.82) is 0 Å². The second-order valence-corrected chi connectivity index (χ2v) is 8.90. The van der Waals surface area contributed by atoms with Crippen molar-refractivity contribution < 1.29 is 27.5 Å². The molecular weight excluding hydrogens is 422 g/mol. The SMILES string of the molecule is COc1ccc(CC(=O)NC(C(N)=O)c2ccccc2)cc1S(=O)(=O)N1CCOCC1. The highest BCUT2D eigenvalue weighted by Gasteiger charge is 2.30. The standard InChI is InChI=1S/C21H25N3O6S/c1-29-17-8-7-15(13-18(17)31(27,28)24-9-11-30-12-10-24)14-19(25)23-20(21(22)26)16-5-3-2-4-6-16/h2-8,13,20H,9-12,14H2,1H3,(H2,22,26)(H,23,25). The van der Waals surface area contributed by atoms with Crippen molar-refractivity contribution in [2.45, 2.75) is 17.4 Å². The molecule has 31 heavy (non-hydrogen) atoms. The monoisotopic (exact) mass is 447 g/mol. The molecule has 0 aromatic heterocycles. The summed E-state index contributed by atoms with van der Waals surface area (Å²) in [6.45, 7) is 1.12. The summed E-state index contributed by atoms with van der Waals surface area (Å²) in [4.78, 5) is 24.4. The maximum atomic E-state index is 13.1. The molecular formula is C21H25N3O6S. The number of nitrogens with two attached hydrogens (primary N) is 1. The van der Waals surface area contributed by atoms with Gasteiger partial charge in [-0.2, -0.15) is 4.31 Å². The van der Waals surface area contributed by atoms with Gasteiger partial charge in [0.2, 0.25) is 21.8 Å². The number of morpholine rings is 1. The third-order valence-electron chi connectivity index (χ3n) is 4.90. The number of hydrogen-bond donors (Lipinski definition) is 2. The predicted octanol–water partition coefficient (Wildman–Crippen LogP) is 0.601. The van der Waals surface area contributed by atoms with E-state index in [1.807, 2.05) is 0 Å². The van der Waals surface area contributed by atoms with E-state index in [9.17, 15) is 18.0 Å². The smallest absolute Gasteiger partial charge is 0.246 e. The highest BCUT2D eigenvalue weighted by atomic mass is 32.2. The Bertz CT molecular complexity index is 1040. The number of carbonyl (C=O) groups is 2. The fourth-order valence-electron chi connectivity index (χ4n) is 3.32. The number of nitrogens with zero attached hydrogens (tertiary/aromatic N) is 1. The molecule has 1 atom stereocenters. The first kappa shape index (κ1) is 22.7. The molecule has 0 saturated carbocycles. The van der Waals surface area contributed by atoms with Crippen LogP contribution in [0.25, 0.3) is 0 Å². The van der Waals surface area contributed by atoms with Crippen LogP contribution in [-0.2, 0) is 30.8 Å². The Labute approximate surface area is 181 Å². The molecule has 1 saturated heterocycles. The molecule has 166 valence electrons. The molecule has 10 heteroatoms. The topological polar surface area (TPSA) is 128 Å². The number of rotatable bonds is 8. The second kappa shape index (κ2) is 9.90. The zero-order chi connectivity index (χ0) is 22.4. The van der Waals surface area contributed by atoms with Crippen LogP contribution in [0.5, 0.6) is 5.75 Å². The highest BCUT2D eigenvalue weighted by Crippen LogP contribution is 2.28. The third-order valence-corrected chi connectivity index (χ3v) is 6.82. The molecule has 1 aliphatic rings. The second-order valence-electron chi connectivity index (χ2n) is 6.99. The lowest BCUT2D eigenvalue weighted by Crippen LogP contribution is -2.40. The van der Waals surface area contributed by atoms with E-state index in [0.29, 0.717) is 24.3 Å². The van der Waals surface area contributed by atoms with Crippen LogP contribution in [0.1, 0.15) is 17.2 Å². The highest BCUT2D eigenvalue weighted by molar-refractivity contribution is 7.89. The van der Waals surface area contributed by atoms with Crippen LogP contribution in [-0.4, -0.2) is 58.0 Å². The normalized spacial score (nSPS) is 15.8. The van der Waals surface area contributed by atoms with Gasteiger partial charge in [0.25, 0.3) is 0 Å². The Kier molecular flexibility index (Phi) is 7.26. The summed E-state index contributed by atoms with van der Waals surface area (Å²) in [5.41, 5.74) is 6.47. The fraction of sp³-hybridized carbons (Fsp3) is 0.333. The van der Waals surface area contributed by atoms with Gasteiger partial charge >= 0.3 is 0 Å². The molecule has 1 heterocycles. The van der Waals surface area contributed by atoms with Crippen molar-refractivity contribution in [3.05, 3.63) is 59.7 Å². The van der Waals surface area contributed by atoms with Crippen LogP contribution in [0.4, 0.5) is 0 Å². The molecule has 2 amide bonds. The van der Waals surface area contributed by atoms with Gasteiger partial charge < -0.3 is 20.5 Å². The van der Waals surface area contributed by atoms with Crippen LogP contribution in [0.15, 0.2) is 53.4 Å². The number of methoxy groups -OCH3 is 1. The maximum absolute atomic E-state index is 13.1. The number of primary amides is 1. The van der Waals surface area contributed by atoms with Gasteiger partial charge in [0, 0.05) is 13.1 Å². The van der Waals surface area contributed by atoms with Crippen LogP contribution in [0.2, 0.25) is 0 Å². The van der Waals surface area contributed by atoms with Gasteiger partial charge in [-0.05, 0) is 23.3 Å². The molecule has 0 spiro atoms. The first-order valence-electron chi connectivity index (χ1n) is 9.71. The number of benzene rings is 2. The molecule has 1 aliphatic heterocycles. The zero-order valence-electron chi connectivity index (χ0n) is 17.1. The lowest BCUT2D eigenvalue weighted by molar-refractivity contribution is -0.127. The Hall–Kier alpha value is -2.95. The van der Waals surface area contributed by atoms with Crippen molar-refractivity contribution in [2.24, 2.45) is 5.73 Å². The average Bonchev–Trinajstić information content (AvgIpc) is 2.78. The average molecular weight is 448 g/mol. The largest absolute Gasteiger partial charge is 0.495 e. The summed E-state index contributed by atoms with van der Waals surface area (Å²) in [7, 11) is -2.43. The third kappa shape index (κ3) is 5.40. The van der Waals surface area contributed by atoms with Crippen molar-refractivity contribution >= 4 is 21.8 Å². The number of hydrogen-bond acceptors (Lipinski definition) is 6.